The van der Waals surface area contributed by atoms with Gasteiger partial charge in [-0.1, -0.05) is 47.5 Å². The zero-order chi connectivity index (χ0) is 24.4. The minimum Gasteiger partial charge on any atom is -0.496 e. The van der Waals surface area contributed by atoms with Crippen molar-refractivity contribution in [1.29, 1.82) is 0 Å². The molecule has 34 heavy (non-hydrogen) atoms. The number of nitrogens with one attached hydrogen (secondary N) is 1. The van der Waals surface area contributed by atoms with E-state index in [1.165, 1.54) is 6.08 Å². The first-order chi connectivity index (χ1) is 16.3. The maximum absolute atomic E-state index is 12.8. The van der Waals surface area contributed by atoms with Crippen molar-refractivity contribution in [2.24, 2.45) is 0 Å². The van der Waals surface area contributed by atoms with Crippen LogP contribution >= 0.6 is 23.2 Å². The molecule has 0 saturated carbocycles. The van der Waals surface area contributed by atoms with E-state index in [-0.39, 0.29) is 5.91 Å². The van der Waals surface area contributed by atoms with Crippen LogP contribution < -0.4 is 14.8 Å². The molecular weight excluding hydrogens is 473 g/mol. The van der Waals surface area contributed by atoms with E-state index in [0.717, 1.165) is 33.4 Å². The Morgan fingerprint density at radius 3 is 2.53 bits per heavy atom. The molecule has 0 atom stereocenters. The molecule has 1 N–H and O–H groups in total. The Labute approximate surface area is 207 Å². The van der Waals surface area contributed by atoms with Gasteiger partial charge in [-0.2, -0.15) is 0 Å². The second kappa shape index (κ2) is 9.84. The second-order valence-electron chi connectivity index (χ2n) is 7.73. The van der Waals surface area contributed by atoms with Crippen molar-refractivity contribution in [2.75, 3.05) is 19.5 Å². The predicted octanol–water partition coefficient (Wildman–Crippen LogP) is 7.77. The smallest absolute Gasteiger partial charge is 0.248 e. The van der Waals surface area contributed by atoms with E-state index in [9.17, 15) is 4.79 Å². The zero-order valence-corrected chi connectivity index (χ0v) is 20.7. The summed E-state index contributed by atoms with van der Waals surface area (Å²) in [6, 6.07) is 14.8. The van der Waals surface area contributed by atoms with Gasteiger partial charge in [0.05, 0.1) is 36.2 Å². The minimum absolute atomic E-state index is 0.290. The molecule has 5 nitrogen and oxygen atoms in total. The molecule has 1 amide bonds. The Balaban J connectivity index is 1.79. The molecule has 0 aliphatic carbocycles. The number of hydrogen-bond acceptors (Lipinski definition) is 4. The lowest BCUT2D eigenvalue weighted by molar-refractivity contribution is -0.111. The van der Waals surface area contributed by atoms with Gasteiger partial charge in [-0.25, -0.2) is 0 Å². The number of furan rings is 1. The molecule has 0 radical (unpaired) electrons. The average molecular weight is 496 g/mol. The summed E-state index contributed by atoms with van der Waals surface area (Å²) in [5.41, 5.74) is 5.28. The molecule has 0 unspecified atom stereocenters. The highest BCUT2D eigenvalue weighted by molar-refractivity contribution is 6.44. The molecule has 0 saturated heterocycles. The fraction of sp³-hybridized carbons (Fsp3) is 0.148. The van der Waals surface area contributed by atoms with Crippen LogP contribution in [0.4, 0.5) is 5.69 Å². The van der Waals surface area contributed by atoms with E-state index in [1.54, 1.807) is 38.7 Å². The van der Waals surface area contributed by atoms with E-state index < -0.39 is 0 Å². The molecule has 4 rings (SSSR count). The van der Waals surface area contributed by atoms with Crippen LogP contribution in [-0.2, 0) is 4.79 Å². The monoisotopic (exact) mass is 495 g/mol. The summed E-state index contributed by atoms with van der Waals surface area (Å²) >= 11 is 12.3. The number of carbonyl (C=O) groups excluding carboxylic acids is 1. The summed E-state index contributed by atoms with van der Waals surface area (Å²) < 4.78 is 17.2. The van der Waals surface area contributed by atoms with Gasteiger partial charge in [-0.15, -0.1) is 0 Å². The predicted molar refractivity (Wildman–Crippen MR) is 138 cm³/mol. The van der Waals surface area contributed by atoms with Crippen molar-refractivity contribution < 1.29 is 18.7 Å². The third-order valence-electron chi connectivity index (χ3n) is 5.63. The molecule has 0 aliphatic heterocycles. The van der Waals surface area contributed by atoms with Gasteiger partial charge < -0.3 is 19.2 Å². The number of amides is 1. The number of rotatable bonds is 6. The van der Waals surface area contributed by atoms with Crippen molar-refractivity contribution in [3.63, 3.8) is 0 Å². The molecule has 174 valence electrons. The molecular formula is C27H23Cl2NO4. The minimum atomic E-state index is -0.335. The van der Waals surface area contributed by atoms with Crippen LogP contribution in [0.25, 0.3) is 27.7 Å². The standard InChI is InChI=1S/C27H23Cl2NO4/c1-15(12-24(31)30-22-10-7-9-21(28)25(22)29)18-13-19-20(17-8-5-6-11-23(17)32-3)14-34-27(19)16(2)26(18)33-4/h5-14H,1-4H3,(H,30,31)/b15-12+. The molecule has 0 spiro atoms. The number of para-hydroxylation sites is 1. The number of allylic oxidation sites excluding steroid dienone is 1. The number of methoxy groups -OCH3 is 2. The van der Waals surface area contributed by atoms with Crippen LogP contribution in [0, 0.1) is 6.92 Å². The van der Waals surface area contributed by atoms with Crippen LogP contribution in [0.1, 0.15) is 18.1 Å². The summed E-state index contributed by atoms with van der Waals surface area (Å²) in [4.78, 5) is 12.8. The van der Waals surface area contributed by atoms with Gasteiger partial charge in [0, 0.05) is 33.7 Å². The van der Waals surface area contributed by atoms with Gasteiger partial charge in [0.2, 0.25) is 5.91 Å². The van der Waals surface area contributed by atoms with E-state index in [1.807, 2.05) is 44.2 Å². The van der Waals surface area contributed by atoms with Crippen LogP contribution in [-0.4, -0.2) is 20.1 Å². The molecule has 4 aromatic rings. The first-order valence-electron chi connectivity index (χ1n) is 10.5. The average Bonchev–Trinajstić information content (AvgIpc) is 3.26. The number of fused-ring (bicyclic) bond motifs is 1. The maximum Gasteiger partial charge on any atom is 0.248 e. The molecule has 0 aliphatic rings. The third-order valence-corrected chi connectivity index (χ3v) is 6.45. The Bertz CT molecular complexity index is 1420. The number of benzene rings is 3. The summed E-state index contributed by atoms with van der Waals surface area (Å²) in [6.45, 7) is 3.78. The molecule has 0 fully saturated rings. The third kappa shape index (κ3) is 4.37. The van der Waals surface area contributed by atoms with Gasteiger partial charge in [-0.3, -0.25) is 4.79 Å². The van der Waals surface area contributed by atoms with Crippen molar-refractivity contribution in [2.45, 2.75) is 13.8 Å². The van der Waals surface area contributed by atoms with Gasteiger partial charge in [0.25, 0.3) is 0 Å². The largest absolute Gasteiger partial charge is 0.496 e. The Hall–Kier alpha value is -3.41. The molecule has 7 heteroatoms. The van der Waals surface area contributed by atoms with Crippen molar-refractivity contribution in [3.05, 3.63) is 82.0 Å². The summed E-state index contributed by atoms with van der Waals surface area (Å²) in [5, 5.41) is 4.33. The normalized spacial score (nSPS) is 11.5. The Morgan fingerprint density at radius 2 is 1.79 bits per heavy atom. The highest BCUT2D eigenvalue weighted by atomic mass is 35.5. The fourth-order valence-corrected chi connectivity index (χ4v) is 4.34. The molecule has 3 aromatic carbocycles. The van der Waals surface area contributed by atoms with Crippen LogP contribution in [0.5, 0.6) is 11.5 Å². The number of anilines is 1. The number of halogens is 2. The molecule has 1 heterocycles. The lowest BCUT2D eigenvalue weighted by atomic mass is 9.96. The first kappa shape index (κ1) is 23.7. The quantitative estimate of drug-likeness (QED) is 0.277. The van der Waals surface area contributed by atoms with E-state index in [0.29, 0.717) is 32.6 Å². The summed E-state index contributed by atoms with van der Waals surface area (Å²) in [6.07, 6.45) is 3.22. The molecule has 0 bridgehead atoms. The number of hydrogen-bond donors (Lipinski definition) is 1. The van der Waals surface area contributed by atoms with Crippen molar-refractivity contribution in [1.82, 2.24) is 0 Å². The van der Waals surface area contributed by atoms with Gasteiger partial charge >= 0.3 is 0 Å². The van der Waals surface area contributed by atoms with Gasteiger partial charge in [-0.05, 0) is 43.7 Å². The zero-order valence-electron chi connectivity index (χ0n) is 19.2. The summed E-state index contributed by atoms with van der Waals surface area (Å²) in [7, 11) is 3.24. The van der Waals surface area contributed by atoms with E-state index >= 15 is 0 Å². The van der Waals surface area contributed by atoms with Gasteiger partial charge in [0.1, 0.15) is 17.1 Å². The van der Waals surface area contributed by atoms with Crippen LogP contribution in [0.2, 0.25) is 10.0 Å². The van der Waals surface area contributed by atoms with Gasteiger partial charge in [0.15, 0.2) is 0 Å². The number of carbonyl (C=O) groups is 1. The SMILES string of the molecule is COc1ccccc1-c1coc2c(C)c(OC)c(/C(C)=C/C(=O)Nc3cccc(Cl)c3Cl)cc12. The Morgan fingerprint density at radius 1 is 1.03 bits per heavy atom. The highest BCUT2D eigenvalue weighted by Crippen LogP contribution is 2.42. The highest BCUT2D eigenvalue weighted by Gasteiger charge is 2.20. The second-order valence-corrected chi connectivity index (χ2v) is 8.51. The first-order valence-corrected chi connectivity index (χ1v) is 11.3. The topological polar surface area (TPSA) is 60.7 Å². The lowest BCUT2D eigenvalue weighted by Crippen LogP contribution is -2.09. The van der Waals surface area contributed by atoms with Crippen molar-refractivity contribution in [3.8, 4) is 22.6 Å². The van der Waals surface area contributed by atoms with E-state index in [2.05, 4.69) is 5.32 Å². The Kier molecular flexibility index (Phi) is 6.87. The van der Waals surface area contributed by atoms with E-state index in [4.69, 9.17) is 37.1 Å². The maximum atomic E-state index is 12.8. The number of ether oxygens (including phenoxy) is 2. The summed E-state index contributed by atoms with van der Waals surface area (Å²) in [5.74, 6) is 1.04. The van der Waals surface area contributed by atoms with Crippen LogP contribution in [0.15, 0.2) is 65.3 Å². The molecule has 1 aromatic heterocycles. The van der Waals surface area contributed by atoms with Crippen molar-refractivity contribution >= 4 is 51.3 Å². The lowest BCUT2D eigenvalue weighted by Gasteiger charge is -2.14. The fourth-order valence-electron chi connectivity index (χ4n) is 3.99. The van der Waals surface area contributed by atoms with Crippen LogP contribution in [0.3, 0.4) is 0 Å². The number of aryl methyl sites for hydroxylation is 1.